The van der Waals surface area contributed by atoms with Gasteiger partial charge in [-0.1, -0.05) is 13.0 Å². The van der Waals surface area contributed by atoms with Gasteiger partial charge >= 0.3 is 5.97 Å². The summed E-state index contributed by atoms with van der Waals surface area (Å²) in [6.07, 6.45) is 6.52. The molecule has 94 valence electrons. The highest BCUT2D eigenvalue weighted by Crippen LogP contribution is 2.63. The fourth-order valence-electron chi connectivity index (χ4n) is 4.80. The van der Waals surface area contributed by atoms with Crippen molar-refractivity contribution in [1.82, 2.24) is 0 Å². The van der Waals surface area contributed by atoms with Crippen molar-refractivity contribution in [1.29, 1.82) is 0 Å². The zero-order chi connectivity index (χ0) is 12.2. The first-order valence-electron chi connectivity index (χ1n) is 6.90. The van der Waals surface area contributed by atoms with Crippen molar-refractivity contribution in [3.8, 4) is 0 Å². The van der Waals surface area contributed by atoms with Crippen LogP contribution < -0.4 is 0 Å². The van der Waals surface area contributed by atoms with Crippen LogP contribution in [0, 0.1) is 23.7 Å². The van der Waals surface area contributed by atoms with Crippen LogP contribution >= 0.6 is 0 Å². The second-order valence-corrected chi connectivity index (χ2v) is 6.55. The van der Waals surface area contributed by atoms with Crippen LogP contribution in [0.25, 0.3) is 0 Å². The highest BCUT2D eigenvalue weighted by molar-refractivity contribution is 5.87. The Hall–Kier alpha value is -0.790. The molecule has 2 nitrogen and oxygen atoms in total. The van der Waals surface area contributed by atoms with Gasteiger partial charge in [0.25, 0.3) is 0 Å². The smallest absolute Gasteiger partial charge is 0.333 e. The maximum atomic E-state index is 11.8. The first kappa shape index (κ1) is 11.3. The Kier molecular flexibility index (Phi) is 2.39. The zero-order valence-corrected chi connectivity index (χ0v) is 10.9. The lowest BCUT2D eigenvalue weighted by Gasteiger charge is -2.39. The normalized spacial score (nSPS) is 46.9. The summed E-state index contributed by atoms with van der Waals surface area (Å²) in [5.41, 5.74) is 0.323. The van der Waals surface area contributed by atoms with Crippen LogP contribution in [-0.2, 0) is 9.53 Å². The third kappa shape index (κ3) is 1.56. The number of esters is 1. The van der Waals surface area contributed by atoms with Crippen molar-refractivity contribution in [2.45, 2.75) is 51.6 Å². The average Bonchev–Trinajstić information content (AvgIpc) is 2.86. The number of ether oxygens (including phenoxy) is 1. The zero-order valence-electron chi connectivity index (χ0n) is 10.9. The number of fused-ring (bicyclic) bond motifs is 5. The van der Waals surface area contributed by atoms with E-state index in [1.807, 2.05) is 0 Å². The van der Waals surface area contributed by atoms with Crippen LogP contribution in [0.15, 0.2) is 12.2 Å². The summed E-state index contributed by atoms with van der Waals surface area (Å²) < 4.78 is 5.76. The largest absolute Gasteiger partial charge is 0.456 e. The van der Waals surface area contributed by atoms with Gasteiger partial charge in [0, 0.05) is 11.5 Å². The van der Waals surface area contributed by atoms with E-state index in [0.29, 0.717) is 11.5 Å². The SMILES string of the molecule is C=C(C)C(=O)OC1(C)CC2CC1C1CCC[C@@H]21. The molecule has 17 heavy (non-hydrogen) atoms. The van der Waals surface area contributed by atoms with Crippen LogP contribution in [-0.4, -0.2) is 11.6 Å². The van der Waals surface area contributed by atoms with Crippen molar-refractivity contribution < 1.29 is 9.53 Å². The van der Waals surface area contributed by atoms with Crippen LogP contribution in [0.4, 0.5) is 0 Å². The molecule has 5 atom stereocenters. The van der Waals surface area contributed by atoms with Crippen LogP contribution in [0.2, 0.25) is 0 Å². The topological polar surface area (TPSA) is 26.3 Å². The monoisotopic (exact) mass is 234 g/mol. The molecular formula is C15H22O2. The molecule has 0 amide bonds. The molecule has 3 fully saturated rings. The first-order valence-corrected chi connectivity index (χ1v) is 6.90. The van der Waals surface area contributed by atoms with Crippen molar-refractivity contribution in [3.63, 3.8) is 0 Å². The number of hydrogen-bond donors (Lipinski definition) is 0. The van der Waals surface area contributed by atoms with Gasteiger partial charge in [-0.05, 0) is 57.3 Å². The molecular weight excluding hydrogens is 212 g/mol. The molecule has 0 saturated heterocycles. The van der Waals surface area contributed by atoms with Gasteiger partial charge < -0.3 is 4.74 Å². The second-order valence-electron chi connectivity index (χ2n) is 6.55. The van der Waals surface area contributed by atoms with Gasteiger partial charge in [0.05, 0.1) is 0 Å². The molecule has 0 spiro atoms. The van der Waals surface area contributed by atoms with E-state index in [4.69, 9.17) is 4.74 Å². The summed E-state index contributed by atoms with van der Waals surface area (Å²) >= 11 is 0. The lowest BCUT2D eigenvalue weighted by molar-refractivity contribution is -0.161. The van der Waals surface area contributed by atoms with Gasteiger partial charge in [-0.3, -0.25) is 0 Å². The Balaban J connectivity index is 1.77. The molecule has 3 aliphatic carbocycles. The maximum Gasteiger partial charge on any atom is 0.333 e. The van der Waals surface area contributed by atoms with E-state index in [9.17, 15) is 4.79 Å². The van der Waals surface area contributed by atoms with E-state index in [1.54, 1.807) is 6.92 Å². The molecule has 0 N–H and O–H groups in total. The fraction of sp³-hybridized carbons (Fsp3) is 0.800. The van der Waals surface area contributed by atoms with E-state index < -0.39 is 0 Å². The van der Waals surface area contributed by atoms with Crippen molar-refractivity contribution in [2.75, 3.05) is 0 Å². The Morgan fingerprint density at radius 3 is 2.76 bits per heavy atom. The molecule has 0 aromatic heterocycles. The molecule has 3 aliphatic rings. The lowest BCUT2D eigenvalue weighted by Crippen LogP contribution is -2.42. The van der Waals surface area contributed by atoms with E-state index in [2.05, 4.69) is 13.5 Å². The molecule has 4 unspecified atom stereocenters. The highest BCUT2D eigenvalue weighted by Gasteiger charge is 2.60. The van der Waals surface area contributed by atoms with E-state index >= 15 is 0 Å². The number of carbonyl (C=O) groups excluding carboxylic acids is 1. The van der Waals surface area contributed by atoms with Crippen LogP contribution in [0.1, 0.15) is 46.0 Å². The summed E-state index contributed by atoms with van der Waals surface area (Å²) in [4.78, 5) is 11.8. The molecule has 0 heterocycles. The van der Waals surface area contributed by atoms with E-state index in [1.165, 1.54) is 25.7 Å². The minimum atomic E-state index is -0.202. The summed E-state index contributed by atoms with van der Waals surface area (Å²) in [7, 11) is 0. The van der Waals surface area contributed by atoms with E-state index in [0.717, 1.165) is 24.2 Å². The van der Waals surface area contributed by atoms with Gasteiger partial charge in [0.15, 0.2) is 0 Å². The van der Waals surface area contributed by atoms with Gasteiger partial charge in [-0.2, -0.15) is 0 Å². The minimum absolute atomic E-state index is 0.199. The van der Waals surface area contributed by atoms with Gasteiger partial charge in [-0.15, -0.1) is 0 Å². The predicted molar refractivity (Wildman–Crippen MR) is 66.4 cm³/mol. The molecule has 3 saturated carbocycles. The quantitative estimate of drug-likeness (QED) is 0.541. The first-order chi connectivity index (χ1) is 8.01. The molecule has 2 heteroatoms. The van der Waals surface area contributed by atoms with Gasteiger partial charge in [0.2, 0.25) is 0 Å². The third-order valence-electron chi connectivity index (χ3n) is 5.43. The fourth-order valence-corrected chi connectivity index (χ4v) is 4.80. The Morgan fingerprint density at radius 1 is 1.35 bits per heavy atom. The average molecular weight is 234 g/mol. The highest BCUT2D eigenvalue weighted by atomic mass is 16.6. The number of rotatable bonds is 2. The molecule has 0 aromatic rings. The van der Waals surface area contributed by atoms with Crippen molar-refractivity contribution in [3.05, 3.63) is 12.2 Å². The molecule has 0 aromatic carbocycles. The summed E-state index contributed by atoms with van der Waals surface area (Å²) in [5, 5.41) is 0. The van der Waals surface area contributed by atoms with E-state index in [-0.39, 0.29) is 11.6 Å². The molecule has 0 radical (unpaired) electrons. The standard InChI is InChI=1S/C15H22O2/c1-9(2)14(16)17-15(3)8-10-7-13(15)12-6-4-5-11(10)12/h10-13H,1,4-8H2,2-3H3/t10?,11-,12?,13?,15?/m0/s1. The van der Waals surface area contributed by atoms with Gasteiger partial charge in [-0.25, -0.2) is 4.79 Å². The maximum absolute atomic E-state index is 11.8. The van der Waals surface area contributed by atoms with Crippen LogP contribution in [0.3, 0.4) is 0 Å². The Labute approximate surface area is 103 Å². The summed E-state index contributed by atoms with van der Waals surface area (Å²) in [6.45, 7) is 7.56. The van der Waals surface area contributed by atoms with Crippen molar-refractivity contribution >= 4 is 5.97 Å². The predicted octanol–water partition coefficient (Wildman–Crippen LogP) is 3.32. The van der Waals surface area contributed by atoms with Gasteiger partial charge in [0.1, 0.15) is 5.60 Å². The minimum Gasteiger partial charge on any atom is -0.456 e. The summed E-state index contributed by atoms with van der Waals surface area (Å²) in [5.74, 6) is 3.00. The Morgan fingerprint density at radius 2 is 2.06 bits per heavy atom. The Bertz CT molecular complexity index is 373. The van der Waals surface area contributed by atoms with Crippen molar-refractivity contribution in [2.24, 2.45) is 23.7 Å². The molecule has 0 aliphatic heterocycles. The second kappa shape index (κ2) is 3.60. The van der Waals surface area contributed by atoms with Crippen LogP contribution in [0.5, 0.6) is 0 Å². The molecule has 3 rings (SSSR count). The lowest BCUT2D eigenvalue weighted by atomic mass is 9.73. The summed E-state index contributed by atoms with van der Waals surface area (Å²) in [6, 6.07) is 0. The third-order valence-corrected chi connectivity index (χ3v) is 5.43. The molecule has 2 bridgehead atoms. The number of carbonyl (C=O) groups is 1. The number of hydrogen-bond acceptors (Lipinski definition) is 2.